The van der Waals surface area contributed by atoms with Crippen LogP contribution in [0.4, 0.5) is 0 Å². The average molecular weight is 316 g/mol. The van der Waals surface area contributed by atoms with Crippen molar-refractivity contribution < 1.29 is 5.11 Å². The monoisotopic (exact) mass is 316 g/mol. The van der Waals surface area contributed by atoms with E-state index in [-0.39, 0.29) is 6.61 Å². The molecule has 0 aliphatic carbocycles. The molecule has 1 atom stereocenters. The molecular formula is C20H32N2O. The van der Waals surface area contributed by atoms with Crippen LogP contribution < -0.4 is 0 Å². The topological polar surface area (TPSA) is 26.7 Å². The predicted octanol–water partition coefficient (Wildman–Crippen LogP) is 3.11. The Morgan fingerprint density at radius 1 is 1.26 bits per heavy atom. The number of rotatable bonds is 7. The van der Waals surface area contributed by atoms with Crippen LogP contribution in [-0.2, 0) is 0 Å². The first-order chi connectivity index (χ1) is 11.1. The van der Waals surface area contributed by atoms with Gasteiger partial charge in [-0.3, -0.25) is 9.80 Å². The fourth-order valence-corrected chi connectivity index (χ4v) is 3.47. The summed E-state index contributed by atoms with van der Waals surface area (Å²) >= 11 is 0. The number of hydrogen-bond donors (Lipinski definition) is 1. The second-order valence-electron chi connectivity index (χ2n) is 7.19. The second-order valence-corrected chi connectivity index (χ2v) is 7.19. The Bertz CT molecular complexity index is 484. The van der Waals surface area contributed by atoms with Gasteiger partial charge >= 0.3 is 0 Å². The molecule has 3 nitrogen and oxygen atoms in total. The molecule has 0 amide bonds. The Balaban J connectivity index is 1.92. The van der Waals surface area contributed by atoms with Crippen molar-refractivity contribution in [3.8, 4) is 0 Å². The lowest BCUT2D eigenvalue weighted by Crippen LogP contribution is -2.54. The SMILES string of the molecule is CC(=Cc1ccccc1)CN1CCN(CC(C)C)C(CCO)C1. The molecule has 23 heavy (non-hydrogen) atoms. The van der Waals surface area contributed by atoms with Crippen molar-refractivity contribution in [1.82, 2.24) is 9.80 Å². The first-order valence-corrected chi connectivity index (χ1v) is 8.88. The highest BCUT2D eigenvalue weighted by Gasteiger charge is 2.26. The lowest BCUT2D eigenvalue weighted by Gasteiger charge is -2.42. The van der Waals surface area contributed by atoms with Crippen LogP contribution in [0.3, 0.4) is 0 Å². The van der Waals surface area contributed by atoms with E-state index < -0.39 is 0 Å². The Kier molecular flexibility index (Phi) is 7.28. The molecular weight excluding hydrogens is 284 g/mol. The molecule has 0 aromatic heterocycles. The van der Waals surface area contributed by atoms with Gasteiger partial charge in [0.05, 0.1) is 0 Å². The zero-order chi connectivity index (χ0) is 16.7. The number of benzene rings is 1. The van der Waals surface area contributed by atoms with E-state index in [0.29, 0.717) is 12.0 Å². The number of piperazine rings is 1. The molecule has 128 valence electrons. The molecule has 0 bridgehead atoms. The smallest absolute Gasteiger partial charge is 0.0446 e. The van der Waals surface area contributed by atoms with E-state index in [1.165, 1.54) is 11.1 Å². The summed E-state index contributed by atoms with van der Waals surface area (Å²) in [5, 5.41) is 9.38. The summed E-state index contributed by atoms with van der Waals surface area (Å²) in [5.74, 6) is 0.683. The highest BCUT2D eigenvalue weighted by Crippen LogP contribution is 2.16. The third-order valence-electron chi connectivity index (χ3n) is 4.44. The highest BCUT2D eigenvalue weighted by atomic mass is 16.3. The Labute approximate surface area is 141 Å². The number of aliphatic hydroxyl groups is 1. The van der Waals surface area contributed by atoms with E-state index in [0.717, 1.165) is 39.1 Å². The summed E-state index contributed by atoms with van der Waals surface area (Å²) in [5.41, 5.74) is 2.67. The lowest BCUT2D eigenvalue weighted by molar-refractivity contribution is 0.0559. The van der Waals surface area contributed by atoms with Crippen LogP contribution in [0, 0.1) is 5.92 Å². The van der Waals surface area contributed by atoms with Gasteiger partial charge in [0.15, 0.2) is 0 Å². The van der Waals surface area contributed by atoms with Crippen LogP contribution in [0.1, 0.15) is 32.8 Å². The van der Waals surface area contributed by atoms with E-state index in [1.54, 1.807) is 0 Å². The Morgan fingerprint density at radius 2 is 2.00 bits per heavy atom. The minimum absolute atomic E-state index is 0.284. The van der Waals surface area contributed by atoms with Gasteiger partial charge < -0.3 is 5.11 Å². The van der Waals surface area contributed by atoms with E-state index in [2.05, 4.69) is 67.0 Å². The molecule has 0 radical (unpaired) electrons. The molecule has 1 aliphatic heterocycles. The zero-order valence-electron chi connectivity index (χ0n) is 14.9. The largest absolute Gasteiger partial charge is 0.396 e. The molecule has 1 saturated heterocycles. The van der Waals surface area contributed by atoms with Crippen LogP contribution >= 0.6 is 0 Å². The van der Waals surface area contributed by atoms with Gasteiger partial charge in [-0.25, -0.2) is 0 Å². The summed E-state index contributed by atoms with van der Waals surface area (Å²) < 4.78 is 0. The first-order valence-electron chi connectivity index (χ1n) is 8.88. The maximum atomic E-state index is 9.38. The van der Waals surface area contributed by atoms with Gasteiger partial charge in [-0.15, -0.1) is 0 Å². The summed E-state index contributed by atoms with van der Waals surface area (Å²) in [6.45, 7) is 12.5. The molecule has 0 spiro atoms. The first kappa shape index (κ1) is 18.2. The summed E-state index contributed by atoms with van der Waals surface area (Å²) in [4.78, 5) is 5.10. The van der Waals surface area contributed by atoms with Gasteiger partial charge in [0.2, 0.25) is 0 Å². The van der Waals surface area contributed by atoms with Gasteiger partial charge in [0, 0.05) is 45.4 Å². The van der Waals surface area contributed by atoms with Gasteiger partial charge in [-0.05, 0) is 24.8 Å². The number of hydrogen-bond acceptors (Lipinski definition) is 3. The quantitative estimate of drug-likeness (QED) is 0.837. The van der Waals surface area contributed by atoms with Crippen molar-refractivity contribution in [3.63, 3.8) is 0 Å². The van der Waals surface area contributed by atoms with Crippen molar-refractivity contribution in [1.29, 1.82) is 0 Å². The fraction of sp³-hybridized carbons (Fsp3) is 0.600. The fourth-order valence-electron chi connectivity index (χ4n) is 3.47. The summed E-state index contributed by atoms with van der Waals surface area (Å²) in [7, 11) is 0. The number of nitrogens with zero attached hydrogens (tertiary/aromatic N) is 2. The van der Waals surface area contributed by atoms with Crippen LogP contribution in [0.5, 0.6) is 0 Å². The van der Waals surface area contributed by atoms with Crippen LogP contribution in [-0.4, -0.2) is 60.3 Å². The Hall–Kier alpha value is -1.16. The number of aliphatic hydroxyl groups excluding tert-OH is 1. The van der Waals surface area contributed by atoms with Crippen molar-refractivity contribution in [2.24, 2.45) is 5.92 Å². The van der Waals surface area contributed by atoms with Crippen molar-refractivity contribution in [3.05, 3.63) is 41.5 Å². The summed E-state index contributed by atoms with van der Waals surface area (Å²) in [6, 6.07) is 11.0. The Morgan fingerprint density at radius 3 is 2.65 bits per heavy atom. The molecule has 1 aromatic rings. The van der Waals surface area contributed by atoms with Crippen LogP contribution in [0.25, 0.3) is 6.08 Å². The standard InChI is InChI=1S/C20H32N2O/c1-17(2)14-22-11-10-21(16-20(22)9-12-23)15-18(3)13-19-7-5-4-6-8-19/h4-8,13,17,20,23H,9-12,14-16H2,1-3H3. The normalized spacial score (nSPS) is 21.1. The molecule has 3 heteroatoms. The van der Waals surface area contributed by atoms with Gasteiger partial charge in [-0.2, -0.15) is 0 Å². The minimum atomic E-state index is 0.284. The van der Waals surface area contributed by atoms with Crippen LogP contribution in [0.2, 0.25) is 0 Å². The summed E-state index contributed by atoms with van der Waals surface area (Å²) in [6.07, 6.45) is 3.16. The van der Waals surface area contributed by atoms with E-state index in [1.807, 2.05) is 0 Å². The molecule has 1 aromatic carbocycles. The van der Waals surface area contributed by atoms with Crippen molar-refractivity contribution in [2.75, 3.05) is 39.3 Å². The molecule has 1 heterocycles. The van der Waals surface area contributed by atoms with E-state index >= 15 is 0 Å². The van der Waals surface area contributed by atoms with E-state index in [9.17, 15) is 5.11 Å². The third-order valence-corrected chi connectivity index (χ3v) is 4.44. The molecule has 1 fully saturated rings. The minimum Gasteiger partial charge on any atom is -0.396 e. The second kappa shape index (κ2) is 9.21. The van der Waals surface area contributed by atoms with E-state index in [4.69, 9.17) is 0 Å². The molecule has 2 rings (SSSR count). The average Bonchev–Trinajstić information content (AvgIpc) is 2.50. The highest BCUT2D eigenvalue weighted by molar-refractivity contribution is 5.52. The van der Waals surface area contributed by atoms with Gasteiger partial charge in [-0.1, -0.05) is 55.8 Å². The molecule has 0 saturated carbocycles. The zero-order valence-corrected chi connectivity index (χ0v) is 14.9. The van der Waals surface area contributed by atoms with Gasteiger partial charge in [0.25, 0.3) is 0 Å². The van der Waals surface area contributed by atoms with Crippen molar-refractivity contribution in [2.45, 2.75) is 33.2 Å². The predicted molar refractivity (Wildman–Crippen MR) is 98.4 cm³/mol. The molecule has 1 N–H and O–H groups in total. The van der Waals surface area contributed by atoms with Gasteiger partial charge in [0.1, 0.15) is 0 Å². The van der Waals surface area contributed by atoms with Crippen LogP contribution in [0.15, 0.2) is 35.9 Å². The van der Waals surface area contributed by atoms with Crippen molar-refractivity contribution >= 4 is 6.08 Å². The molecule has 1 unspecified atom stereocenters. The maximum Gasteiger partial charge on any atom is 0.0446 e. The maximum absolute atomic E-state index is 9.38. The third kappa shape index (κ3) is 6.09. The molecule has 1 aliphatic rings. The lowest BCUT2D eigenvalue weighted by atomic mass is 10.0.